The van der Waals surface area contributed by atoms with Crippen LogP contribution in [0.5, 0.6) is 5.75 Å². The van der Waals surface area contributed by atoms with Crippen LogP contribution in [0.4, 0.5) is 0 Å². The lowest BCUT2D eigenvalue weighted by atomic mass is 9.69. The molecule has 5 unspecified atom stereocenters. The van der Waals surface area contributed by atoms with Gasteiger partial charge in [0.05, 0.1) is 12.8 Å². The van der Waals surface area contributed by atoms with Crippen LogP contribution in [0.3, 0.4) is 0 Å². The van der Waals surface area contributed by atoms with Crippen LogP contribution in [0.15, 0.2) is 18.5 Å². The number of pyridine rings is 1. The molecule has 1 heterocycles. The van der Waals surface area contributed by atoms with Crippen molar-refractivity contribution in [3.8, 4) is 5.75 Å². The maximum absolute atomic E-state index is 6.92. The zero-order valence-corrected chi connectivity index (χ0v) is 12.9. The molecule has 0 saturated heterocycles. The molecule has 3 aliphatic rings. The molecule has 0 spiro atoms. The summed E-state index contributed by atoms with van der Waals surface area (Å²) in [6.45, 7) is 2.87. The fourth-order valence-corrected chi connectivity index (χ4v) is 5.49. The number of hydrogen-bond donors (Lipinski definition) is 1. The first kappa shape index (κ1) is 13.6. The van der Waals surface area contributed by atoms with Crippen molar-refractivity contribution in [3.63, 3.8) is 0 Å². The van der Waals surface area contributed by atoms with Crippen LogP contribution in [-0.4, -0.2) is 11.6 Å². The van der Waals surface area contributed by atoms with E-state index in [4.69, 9.17) is 10.5 Å². The summed E-state index contributed by atoms with van der Waals surface area (Å²) in [6.07, 6.45) is 11.5. The Bertz CT molecular complexity index is 532. The highest BCUT2D eigenvalue weighted by atomic mass is 16.5. The molecule has 1 aromatic heterocycles. The number of aromatic nitrogens is 1. The molecule has 0 aromatic carbocycles. The van der Waals surface area contributed by atoms with E-state index in [1.165, 1.54) is 31.2 Å². The zero-order chi connectivity index (χ0) is 14.4. The average Bonchev–Trinajstić information content (AvgIpc) is 3.17. The smallest absolute Gasteiger partial charge is 0.137 e. The van der Waals surface area contributed by atoms with E-state index in [9.17, 15) is 0 Å². The minimum Gasteiger partial charge on any atom is -0.492 e. The second-order valence-corrected chi connectivity index (χ2v) is 7.36. The van der Waals surface area contributed by atoms with E-state index in [-0.39, 0.29) is 5.54 Å². The summed E-state index contributed by atoms with van der Waals surface area (Å²) in [5.41, 5.74) is 7.97. The van der Waals surface area contributed by atoms with Gasteiger partial charge in [0.1, 0.15) is 5.75 Å². The quantitative estimate of drug-likeness (QED) is 0.922. The second-order valence-electron chi connectivity index (χ2n) is 7.36. The minimum atomic E-state index is -0.158. The first-order valence-corrected chi connectivity index (χ1v) is 8.59. The molecular weight excluding hydrogens is 260 g/mol. The van der Waals surface area contributed by atoms with Gasteiger partial charge < -0.3 is 10.5 Å². The van der Waals surface area contributed by atoms with Crippen LogP contribution in [0.2, 0.25) is 0 Å². The molecule has 1 aromatic rings. The van der Waals surface area contributed by atoms with E-state index in [0.29, 0.717) is 5.92 Å². The molecule has 3 nitrogen and oxygen atoms in total. The van der Waals surface area contributed by atoms with E-state index in [1.807, 2.05) is 12.4 Å². The summed E-state index contributed by atoms with van der Waals surface area (Å²) in [4.78, 5) is 4.39. The highest BCUT2D eigenvalue weighted by Crippen LogP contribution is 2.64. The summed E-state index contributed by atoms with van der Waals surface area (Å²) in [5, 5.41) is 0. The van der Waals surface area contributed by atoms with Crippen molar-refractivity contribution < 1.29 is 4.74 Å². The van der Waals surface area contributed by atoms with Crippen LogP contribution in [0, 0.1) is 23.7 Å². The molecule has 4 rings (SSSR count). The van der Waals surface area contributed by atoms with Gasteiger partial charge in [-0.2, -0.15) is 0 Å². The fourth-order valence-electron chi connectivity index (χ4n) is 5.49. The van der Waals surface area contributed by atoms with Gasteiger partial charge in [-0.25, -0.2) is 0 Å². The van der Waals surface area contributed by atoms with E-state index in [2.05, 4.69) is 18.0 Å². The monoisotopic (exact) mass is 286 g/mol. The summed E-state index contributed by atoms with van der Waals surface area (Å²) in [6, 6.07) is 2.15. The first-order chi connectivity index (χ1) is 10.2. The zero-order valence-electron chi connectivity index (χ0n) is 12.9. The van der Waals surface area contributed by atoms with Crippen LogP contribution >= 0.6 is 0 Å². The molecule has 3 fully saturated rings. The summed E-state index contributed by atoms with van der Waals surface area (Å²) >= 11 is 0. The molecule has 21 heavy (non-hydrogen) atoms. The summed E-state index contributed by atoms with van der Waals surface area (Å²) in [7, 11) is 0. The largest absolute Gasteiger partial charge is 0.492 e. The molecule has 3 heteroatoms. The molecular formula is C18H26N2O. The first-order valence-electron chi connectivity index (χ1n) is 8.59. The Morgan fingerprint density at radius 1 is 1.33 bits per heavy atom. The van der Waals surface area contributed by atoms with Crippen molar-refractivity contribution in [3.05, 3.63) is 24.0 Å². The SMILES string of the molecule is CCCOc1cncc(C2(N)CC3CC2C2CCCC32)c1. The Morgan fingerprint density at radius 3 is 3.05 bits per heavy atom. The lowest BCUT2D eigenvalue weighted by molar-refractivity contribution is 0.156. The second kappa shape index (κ2) is 4.98. The molecule has 0 radical (unpaired) electrons. The van der Waals surface area contributed by atoms with Crippen molar-refractivity contribution in [1.29, 1.82) is 0 Å². The third-order valence-electron chi connectivity index (χ3n) is 6.29. The van der Waals surface area contributed by atoms with Gasteiger partial charge in [0.2, 0.25) is 0 Å². The Hall–Kier alpha value is -1.09. The van der Waals surface area contributed by atoms with Gasteiger partial charge in [0.15, 0.2) is 0 Å². The van der Waals surface area contributed by atoms with Gasteiger partial charge in [0.25, 0.3) is 0 Å². The van der Waals surface area contributed by atoms with E-state index >= 15 is 0 Å². The standard InChI is InChI=1S/C18H26N2O/c1-2-6-21-14-8-13(10-20-11-14)18(19)9-12-7-17(18)16-5-3-4-15(12)16/h8,10-12,15-17H,2-7,9,19H2,1H3. The normalized spacial score (nSPS) is 40.5. The molecule has 5 atom stereocenters. The van der Waals surface area contributed by atoms with Crippen LogP contribution in [0.25, 0.3) is 0 Å². The van der Waals surface area contributed by atoms with Gasteiger partial charge in [0, 0.05) is 11.7 Å². The topological polar surface area (TPSA) is 48.1 Å². The molecule has 0 amide bonds. The van der Waals surface area contributed by atoms with Crippen molar-refractivity contribution in [2.45, 2.75) is 51.0 Å². The molecule has 2 bridgehead atoms. The summed E-state index contributed by atoms with van der Waals surface area (Å²) < 4.78 is 5.75. The molecule has 114 valence electrons. The van der Waals surface area contributed by atoms with Crippen LogP contribution < -0.4 is 10.5 Å². The fraction of sp³-hybridized carbons (Fsp3) is 0.722. The van der Waals surface area contributed by atoms with E-state index < -0.39 is 0 Å². The van der Waals surface area contributed by atoms with Crippen molar-refractivity contribution in [2.75, 3.05) is 6.61 Å². The van der Waals surface area contributed by atoms with Gasteiger partial charge in [-0.15, -0.1) is 0 Å². The van der Waals surface area contributed by atoms with Gasteiger partial charge in [-0.05, 0) is 67.4 Å². The minimum absolute atomic E-state index is 0.158. The van der Waals surface area contributed by atoms with Crippen molar-refractivity contribution in [1.82, 2.24) is 4.98 Å². The lowest BCUT2D eigenvalue weighted by Gasteiger charge is -2.40. The summed E-state index contributed by atoms with van der Waals surface area (Å²) in [5.74, 6) is 4.24. The van der Waals surface area contributed by atoms with Crippen molar-refractivity contribution in [2.24, 2.45) is 29.4 Å². The Kier molecular flexibility index (Phi) is 3.21. The number of fused-ring (bicyclic) bond motifs is 5. The molecule has 0 aliphatic heterocycles. The Morgan fingerprint density at radius 2 is 2.19 bits per heavy atom. The third-order valence-corrected chi connectivity index (χ3v) is 6.29. The number of ether oxygens (including phenoxy) is 1. The van der Waals surface area contributed by atoms with Crippen LogP contribution in [0.1, 0.15) is 51.0 Å². The van der Waals surface area contributed by atoms with E-state index in [1.54, 1.807) is 0 Å². The Labute approximate surface area is 127 Å². The number of nitrogens with two attached hydrogens (primary N) is 1. The Balaban J connectivity index is 1.61. The van der Waals surface area contributed by atoms with Gasteiger partial charge >= 0.3 is 0 Å². The maximum atomic E-state index is 6.92. The maximum Gasteiger partial charge on any atom is 0.137 e. The van der Waals surface area contributed by atoms with Crippen molar-refractivity contribution >= 4 is 0 Å². The average molecular weight is 286 g/mol. The number of nitrogens with zero attached hydrogens (tertiary/aromatic N) is 1. The highest BCUT2D eigenvalue weighted by Gasteiger charge is 2.59. The third kappa shape index (κ3) is 2.01. The number of rotatable bonds is 4. The predicted molar refractivity (Wildman–Crippen MR) is 82.9 cm³/mol. The predicted octanol–water partition coefficient (Wildman–Crippen LogP) is 3.48. The highest BCUT2D eigenvalue weighted by molar-refractivity contribution is 5.33. The van der Waals surface area contributed by atoms with E-state index in [0.717, 1.165) is 43.0 Å². The van der Waals surface area contributed by atoms with Gasteiger partial charge in [-0.3, -0.25) is 4.98 Å². The molecule has 3 saturated carbocycles. The molecule has 3 aliphatic carbocycles. The number of hydrogen-bond acceptors (Lipinski definition) is 3. The molecule has 2 N–H and O–H groups in total. The van der Waals surface area contributed by atoms with Crippen LogP contribution in [-0.2, 0) is 5.54 Å². The van der Waals surface area contributed by atoms with Gasteiger partial charge in [-0.1, -0.05) is 13.3 Å². The lowest BCUT2D eigenvalue weighted by Crippen LogP contribution is -2.46.